The van der Waals surface area contributed by atoms with Gasteiger partial charge in [-0.15, -0.1) is 5.10 Å². The van der Waals surface area contributed by atoms with E-state index in [0.717, 1.165) is 0 Å². The first-order chi connectivity index (χ1) is 10.4. The molecule has 114 valence electrons. The second-order valence-corrected chi connectivity index (χ2v) is 4.38. The molecule has 22 heavy (non-hydrogen) atoms. The van der Waals surface area contributed by atoms with Gasteiger partial charge in [-0.2, -0.15) is 5.10 Å². The first-order valence-electron chi connectivity index (χ1n) is 6.11. The van der Waals surface area contributed by atoms with Gasteiger partial charge in [0.05, 0.1) is 16.1 Å². The third-order valence-corrected chi connectivity index (χ3v) is 2.97. The first kappa shape index (κ1) is 15.1. The van der Waals surface area contributed by atoms with Crippen molar-refractivity contribution in [2.45, 2.75) is 6.92 Å². The lowest BCUT2D eigenvalue weighted by Crippen LogP contribution is -1.96. The van der Waals surface area contributed by atoms with Crippen LogP contribution >= 0.6 is 0 Å². The van der Waals surface area contributed by atoms with Gasteiger partial charge in [0, 0.05) is 19.2 Å². The second-order valence-electron chi connectivity index (χ2n) is 4.38. The Morgan fingerprint density at radius 2 is 1.86 bits per heavy atom. The third-order valence-electron chi connectivity index (χ3n) is 2.97. The summed E-state index contributed by atoms with van der Waals surface area (Å²) < 4.78 is 1.38. The van der Waals surface area contributed by atoms with Gasteiger partial charge in [0.15, 0.2) is 0 Å². The van der Waals surface area contributed by atoms with Crippen molar-refractivity contribution in [1.29, 1.82) is 0 Å². The first-order valence-corrected chi connectivity index (χ1v) is 6.11. The van der Waals surface area contributed by atoms with Gasteiger partial charge in [0.2, 0.25) is 5.82 Å². The Labute approximate surface area is 124 Å². The Bertz CT molecular complexity index is 750. The van der Waals surface area contributed by atoms with E-state index in [1.807, 2.05) is 0 Å². The number of non-ortho nitro benzene ring substituents is 1. The quantitative estimate of drug-likeness (QED) is 0.511. The number of nitrogens with one attached hydrogen (secondary N) is 1. The molecule has 10 nitrogen and oxygen atoms in total. The standard InChI is InChI=1S/C12H12N6O4/c1-8-11(18(21)22)12(15-16(8)2)14-13-7-9-3-5-10(6-4-9)17(19)20/h3-7H,1-2H3,(H,14,15). The van der Waals surface area contributed by atoms with Crippen LogP contribution in [0.4, 0.5) is 17.2 Å². The maximum atomic E-state index is 11.0. The van der Waals surface area contributed by atoms with Crippen molar-refractivity contribution < 1.29 is 9.85 Å². The topological polar surface area (TPSA) is 128 Å². The van der Waals surface area contributed by atoms with Crippen LogP contribution in [0.25, 0.3) is 0 Å². The van der Waals surface area contributed by atoms with Crippen LogP contribution in [-0.4, -0.2) is 25.8 Å². The molecular weight excluding hydrogens is 292 g/mol. The fourth-order valence-corrected chi connectivity index (χ4v) is 1.74. The predicted octanol–water partition coefficient (Wildman–Crippen LogP) is 1.99. The van der Waals surface area contributed by atoms with E-state index in [0.29, 0.717) is 11.3 Å². The van der Waals surface area contributed by atoms with Crippen LogP contribution < -0.4 is 5.43 Å². The smallest absolute Gasteiger partial charge is 0.264 e. The lowest BCUT2D eigenvalue weighted by molar-refractivity contribution is -0.384. The summed E-state index contributed by atoms with van der Waals surface area (Å²) in [6.07, 6.45) is 1.39. The number of anilines is 1. The summed E-state index contributed by atoms with van der Waals surface area (Å²) in [5.74, 6) is 0.0307. The maximum Gasteiger partial charge on any atom is 0.335 e. The van der Waals surface area contributed by atoms with Crippen molar-refractivity contribution in [3.63, 3.8) is 0 Å². The Kier molecular flexibility index (Phi) is 4.11. The summed E-state index contributed by atoms with van der Waals surface area (Å²) >= 11 is 0. The summed E-state index contributed by atoms with van der Waals surface area (Å²) in [6.45, 7) is 1.58. The fraction of sp³-hybridized carbons (Fsp3) is 0.167. The van der Waals surface area contributed by atoms with Crippen LogP contribution in [0.3, 0.4) is 0 Å². The van der Waals surface area contributed by atoms with Crippen molar-refractivity contribution in [2.24, 2.45) is 12.1 Å². The molecule has 1 heterocycles. The van der Waals surface area contributed by atoms with E-state index in [1.165, 1.54) is 35.2 Å². The summed E-state index contributed by atoms with van der Waals surface area (Å²) in [4.78, 5) is 20.5. The Morgan fingerprint density at radius 3 is 2.41 bits per heavy atom. The van der Waals surface area contributed by atoms with Gasteiger partial charge in [-0.05, 0) is 24.6 Å². The second kappa shape index (κ2) is 5.99. The number of hydrogen-bond donors (Lipinski definition) is 1. The minimum Gasteiger partial charge on any atom is -0.264 e. The molecule has 10 heteroatoms. The van der Waals surface area contributed by atoms with Crippen LogP contribution in [0.1, 0.15) is 11.3 Å². The highest BCUT2D eigenvalue weighted by atomic mass is 16.6. The number of nitro groups is 2. The third kappa shape index (κ3) is 3.06. The Hall–Kier alpha value is -3.30. The Morgan fingerprint density at radius 1 is 1.23 bits per heavy atom. The molecule has 0 atom stereocenters. The maximum absolute atomic E-state index is 11.0. The molecule has 1 N–H and O–H groups in total. The number of hydrogen-bond acceptors (Lipinski definition) is 7. The summed E-state index contributed by atoms with van der Waals surface area (Å²) in [5.41, 5.74) is 3.33. The van der Waals surface area contributed by atoms with Crippen molar-refractivity contribution in [3.8, 4) is 0 Å². The van der Waals surface area contributed by atoms with Gasteiger partial charge in [0.25, 0.3) is 5.69 Å². The number of aryl methyl sites for hydroxylation is 1. The average molecular weight is 304 g/mol. The minimum absolute atomic E-state index is 0.0268. The normalized spacial score (nSPS) is 10.8. The van der Waals surface area contributed by atoms with Crippen molar-refractivity contribution in [3.05, 3.63) is 55.8 Å². The largest absolute Gasteiger partial charge is 0.335 e. The van der Waals surface area contributed by atoms with Gasteiger partial charge in [-0.25, -0.2) is 0 Å². The number of rotatable bonds is 5. The highest BCUT2D eigenvalue weighted by Crippen LogP contribution is 2.26. The molecule has 0 radical (unpaired) electrons. The molecule has 0 fully saturated rings. The fourth-order valence-electron chi connectivity index (χ4n) is 1.74. The molecule has 0 unspecified atom stereocenters. The molecule has 1 aromatic heterocycles. The van der Waals surface area contributed by atoms with Crippen LogP contribution in [0.2, 0.25) is 0 Å². The zero-order chi connectivity index (χ0) is 16.3. The van der Waals surface area contributed by atoms with Crippen molar-refractivity contribution in [2.75, 3.05) is 5.43 Å². The molecule has 0 saturated carbocycles. The summed E-state index contributed by atoms with van der Waals surface area (Å²) in [7, 11) is 1.59. The van der Waals surface area contributed by atoms with Gasteiger partial charge in [-0.1, -0.05) is 0 Å². The van der Waals surface area contributed by atoms with Crippen LogP contribution in [0.15, 0.2) is 29.4 Å². The molecule has 0 aliphatic carbocycles. The monoisotopic (exact) mass is 304 g/mol. The molecule has 0 aliphatic heterocycles. The highest BCUT2D eigenvalue weighted by molar-refractivity contribution is 5.80. The lowest BCUT2D eigenvalue weighted by Gasteiger charge is -1.96. The van der Waals surface area contributed by atoms with Gasteiger partial charge in [-0.3, -0.25) is 30.3 Å². The highest BCUT2D eigenvalue weighted by Gasteiger charge is 2.23. The van der Waals surface area contributed by atoms with Crippen LogP contribution in [0, 0.1) is 27.2 Å². The molecule has 0 aliphatic rings. The molecule has 0 bridgehead atoms. The number of hydrazone groups is 1. The molecule has 0 amide bonds. The van der Waals surface area contributed by atoms with Crippen LogP contribution in [0.5, 0.6) is 0 Å². The molecule has 0 saturated heterocycles. The van der Waals surface area contributed by atoms with Gasteiger partial charge < -0.3 is 0 Å². The number of nitrogens with zero attached hydrogens (tertiary/aromatic N) is 5. The van der Waals surface area contributed by atoms with Crippen molar-refractivity contribution >= 4 is 23.4 Å². The van der Waals surface area contributed by atoms with E-state index >= 15 is 0 Å². The zero-order valence-electron chi connectivity index (χ0n) is 11.8. The predicted molar refractivity (Wildman–Crippen MR) is 78.9 cm³/mol. The van der Waals surface area contributed by atoms with Crippen molar-refractivity contribution in [1.82, 2.24) is 9.78 Å². The van der Waals surface area contributed by atoms with Crippen LogP contribution in [-0.2, 0) is 7.05 Å². The Balaban J connectivity index is 2.14. The van der Waals surface area contributed by atoms with E-state index in [1.54, 1.807) is 14.0 Å². The van der Waals surface area contributed by atoms with E-state index < -0.39 is 9.85 Å². The van der Waals surface area contributed by atoms with E-state index in [4.69, 9.17) is 0 Å². The minimum atomic E-state index is -0.536. The average Bonchev–Trinajstić information content (AvgIpc) is 2.74. The number of nitro benzene ring substituents is 1. The van der Waals surface area contributed by atoms with E-state index in [9.17, 15) is 20.2 Å². The molecular formula is C12H12N6O4. The number of aromatic nitrogens is 2. The molecule has 0 spiro atoms. The molecule has 2 aromatic rings. The number of benzene rings is 1. The molecule has 1 aromatic carbocycles. The van der Waals surface area contributed by atoms with E-state index in [-0.39, 0.29) is 17.2 Å². The zero-order valence-corrected chi connectivity index (χ0v) is 11.8. The van der Waals surface area contributed by atoms with Gasteiger partial charge in [0.1, 0.15) is 5.69 Å². The van der Waals surface area contributed by atoms with Gasteiger partial charge >= 0.3 is 5.69 Å². The SMILES string of the molecule is Cc1c([N+](=O)[O-])c(NN=Cc2ccc([N+](=O)[O-])cc2)nn1C. The van der Waals surface area contributed by atoms with E-state index in [2.05, 4.69) is 15.6 Å². The molecule has 2 rings (SSSR count). The lowest BCUT2D eigenvalue weighted by atomic mass is 10.2. The summed E-state index contributed by atoms with van der Waals surface area (Å²) in [6, 6.07) is 5.71. The summed E-state index contributed by atoms with van der Waals surface area (Å²) in [5, 5.41) is 29.3.